The van der Waals surface area contributed by atoms with E-state index in [0.29, 0.717) is 49.5 Å². The van der Waals surface area contributed by atoms with E-state index in [0.717, 1.165) is 65.1 Å². The standard InChI is InChI=1S/C6H12O.C5H12O.2C5H10O.C4H10O.C4H8O.2C3H8O.C3H8.C2H6O.20C2H6.2CH4/c1-3-4-5-6(2)7;1-3-5-6-4-2;2*1-3-5(6)4-2;1-3-4-5-2;1-3-4(2)5;2*1-3-4-2;2*1-3-2;20*1-2;;/h3-5H2,1-2H3;3-5H2,1-2H3;2*3-4H2,1-2H3;3-4H2,1-2H3;3H2,1-2H3;2*3H2,1-2H3;3H2,1-2H3;1-2H3;20*1-2H3;2*1H4. The predicted molar refractivity (Wildman–Crippen MR) is 456 cm³/mol. The van der Waals surface area contributed by atoms with Crippen molar-refractivity contribution < 1.29 is 42.9 Å². The topological polar surface area (TPSA) is 114 Å². The van der Waals surface area contributed by atoms with Crippen LogP contribution in [0.4, 0.5) is 0 Å². The molecular weight excluding hydrogens is 1130 g/mol. The van der Waals surface area contributed by atoms with Gasteiger partial charge in [-0.1, -0.05) is 374 Å². The minimum absolute atomic E-state index is 0. The number of unbranched alkanes of at least 4 members (excludes halogenated alkanes) is 1. The Hall–Kier alpha value is -1.52. The molecule has 0 heterocycles. The van der Waals surface area contributed by atoms with Gasteiger partial charge in [0, 0.05) is 107 Å². The number of ketones is 4. The van der Waals surface area contributed by atoms with Gasteiger partial charge >= 0.3 is 0 Å². The van der Waals surface area contributed by atoms with E-state index in [1.807, 2.05) is 332 Å². The Balaban J connectivity index is -0.0000000134. The largest absolute Gasteiger partial charge is 0.388 e. The molecule has 0 atom stereocenters. The van der Waals surface area contributed by atoms with Crippen LogP contribution in [0.3, 0.4) is 0 Å². The molecule has 0 aliphatic carbocycles. The minimum Gasteiger partial charge on any atom is -0.388 e. The number of Topliss-reactive ketones (excluding diaryl/α,β-unsaturated/α-hetero) is 4. The maximum absolute atomic E-state index is 10.2. The molecule has 9 nitrogen and oxygen atoms in total. The molecule has 0 aromatic carbocycles. The van der Waals surface area contributed by atoms with E-state index in [-0.39, 0.29) is 20.6 Å². The van der Waals surface area contributed by atoms with Crippen molar-refractivity contribution in [3.8, 4) is 0 Å². The van der Waals surface area contributed by atoms with E-state index >= 15 is 0 Å². The molecule has 0 radical (unpaired) electrons. The molecule has 0 N–H and O–H groups in total. The first-order chi connectivity index (χ1) is 43.1. The van der Waals surface area contributed by atoms with E-state index < -0.39 is 0 Å². The van der Waals surface area contributed by atoms with Crippen LogP contribution in [0.25, 0.3) is 0 Å². The lowest BCUT2D eigenvalue weighted by molar-refractivity contribution is -0.119. The third-order valence-electron chi connectivity index (χ3n) is 4.50. The van der Waals surface area contributed by atoms with E-state index in [2.05, 4.69) is 48.8 Å². The molecule has 0 bridgehead atoms. The normalized spacial score (nSPS) is 5.63. The molecule has 0 unspecified atom stereocenters. The molecule has 0 saturated heterocycles. The quantitative estimate of drug-likeness (QED) is 0.148. The fraction of sp³-hybridized carbons (Fsp3) is 0.951. The highest BCUT2D eigenvalue weighted by Gasteiger charge is 1.88. The van der Waals surface area contributed by atoms with Crippen molar-refractivity contribution in [1.82, 2.24) is 0 Å². The molecule has 91 heavy (non-hydrogen) atoms. The van der Waals surface area contributed by atoms with Crippen LogP contribution in [-0.4, -0.2) is 91.7 Å². The Labute approximate surface area is 598 Å². The van der Waals surface area contributed by atoms with Gasteiger partial charge in [-0.15, -0.1) is 0 Å². The van der Waals surface area contributed by atoms with Crippen LogP contribution in [0.1, 0.15) is 466 Å². The van der Waals surface area contributed by atoms with Gasteiger partial charge in [0.25, 0.3) is 0 Å². The van der Waals surface area contributed by atoms with Gasteiger partial charge in [0.2, 0.25) is 0 Å². The number of rotatable bonds is 15. The van der Waals surface area contributed by atoms with Gasteiger partial charge in [-0.2, -0.15) is 0 Å². The number of ether oxygens (including phenoxy) is 5. The summed E-state index contributed by atoms with van der Waals surface area (Å²) in [5, 5.41) is 0. The van der Waals surface area contributed by atoms with Crippen molar-refractivity contribution in [2.75, 3.05) is 68.6 Å². The molecule has 0 aliphatic rings. The Morgan fingerprint density at radius 2 is 0.407 bits per heavy atom. The molecule has 0 fully saturated rings. The summed E-state index contributed by atoms with van der Waals surface area (Å²) >= 11 is 0. The average molecular weight is 1350 g/mol. The summed E-state index contributed by atoms with van der Waals surface area (Å²) in [5.74, 6) is 1.25. The number of methoxy groups -OCH3 is 4. The minimum atomic E-state index is 0. The second-order valence-electron chi connectivity index (χ2n) is 9.81. The first kappa shape index (κ1) is 212. The second-order valence-corrected chi connectivity index (χ2v) is 9.81. The highest BCUT2D eigenvalue weighted by Crippen LogP contribution is 1.92. The average Bonchev–Trinajstić information content (AvgIpc) is 3.66. The number of carbonyl (C=O) groups is 4. The zero-order chi connectivity index (χ0) is 81.2. The van der Waals surface area contributed by atoms with Gasteiger partial charge in [0.05, 0.1) is 0 Å². The van der Waals surface area contributed by atoms with E-state index in [9.17, 15) is 19.2 Å². The first-order valence-electron chi connectivity index (χ1n) is 38.6. The molecular formula is C82H220O9. The smallest absolute Gasteiger partial charge is 0.132 e. The molecule has 0 aromatic heterocycles. The van der Waals surface area contributed by atoms with Crippen molar-refractivity contribution >= 4 is 23.1 Å². The molecule has 0 aromatic rings. The van der Waals surface area contributed by atoms with Crippen LogP contribution in [0.5, 0.6) is 0 Å². The maximum atomic E-state index is 10.2. The lowest BCUT2D eigenvalue weighted by Crippen LogP contribution is -1.88. The monoisotopic (exact) mass is 1350 g/mol. The molecule has 9 heteroatoms. The van der Waals surface area contributed by atoms with Gasteiger partial charge in [0.1, 0.15) is 23.1 Å². The molecule has 0 spiro atoms. The highest BCUT2D eigenvalue weighted by atomic mass is 16.5. The third kappa shape index (κ3) is 1740. The highest BCUT2D eigenvalue weighted by molar-refractivity contribution is 5.78. The Kier molecular flexibility index (Phi) is 1590. The third-order valence-corrected chi connectivity index (χ3v) is 4.50. The van der Waals surface area contributed by atoms with Crippen molar-refractivity contribution in [3.63, 3.8) is 0 Å². The van der Waals surface area contributed by atoms with Crippen molar-refractivity contribution in [2.45, 2.75) is 466 Å². The molecule has 0 amide bonds. The van der Waals surface area contributed by atoms with Crippen molar-refractivity contribution in [3.05, 3.63) is 0 Å². The molecule has 0 rings (SSSR count). The summed E-state index contributed by atoms with van der Waals surface area (Å²) in [5.41, 5.74) is 0. The summed E-state index contributed by atoms with van der Waals surface area (Å²) in [7, 11) is 8.32. The predicted octanol–water partition coefficient (Wildman–Crippen LogP) is 32.8. The van der Waals surface area contributed by atoms with Gasteiger partial charge in [-0.3, -0.25) is 9.59 Å². The second kappa shape index (κ2) is 683. The van der Waals surface area contributed by atoms with Gasteiger partial charge in [-0.05, 0) is 53.9 Å². The fourth-order valence-corrected chi connectivity index (χ4v) is 1.42. The SMILES string of the molecule is C.C.CC.CC.CC.CC.CC.CC.CC.CC.CC.CC.CC.CC.CC.CC.CC.CC.CC.CC.CC.CC.CCC.CCC(=O)CC.CCC(=O)CC.CCC(C)=O.CCCCC(C)=O.CCCOC.CCCOCC.CCOC.CCOC.COC. The first-order valence-corrected chi connectivity index (χ1v) is 38.6. The number of hydrogen-bond acceptors (Lipinski definition) is 9. The lowest BCUT2D eigenvalue weighted by Gasteiger charge is -1.91. The van der Waals surface area contributed by atoms with Crippen LogP contribution < -0.4 is 0 Å². The Bertz CT molecular complexity index is 477. The fourth-order valence-electron chi connectivity index (χ4n) is 1.42. The summed E-state index contributed by atoms with van der Waals surface area (Å²) in [6.45, 7) is 113. The summed E-state index contributed by atoms with van der Waals surface area (Å²) < 4.78 is 23.0. The van der Waals surface area contributed by atoms with Gasteiger partial charge in [-0.25, -0.2) is 0 Å². The molecule has 602 valence electrons. The Morgan fingerprint density at radius 1 is 0.253 bits per heavy atom. The zero-order valence-corrected chi connectivity index (χ0v) is 77.0. The van der Waals surface area contributed by atoms with Crippen molar-refractivity contribution in [2.24, 2.45) is 0 Å². The summed E-state index contributed by atoms with van der Waals surface area (Å²) in [4.78, 5) is 40.4. The zero-order valence-electron chi connectivity index (χ0n) is 77.0. The van der Waals surface area contributed by atoms with E-state index in [4.69, 9.17) is 9.47 Å². The molecule has 0 aliphatic heterocycles. The van der Waals surface area contributed by atoms with Crippen LogP contribution in [0.15, 0.2) is 0 Å². The summed E-state index contributed by atoms with van der Waals surface area (Å²) in [6.07, 6.45) is 9.87. The van der Waals surface area contributed by atoms with Gasteiger partial charge < -0.3 is 33.3 Å². The van der Waals surface area contributed by atoms with Gasteiger partial charge in [0.15, 0.2) is 0 Å². The van der Waals surface area contributed by atoms with Crippen molar-refractivity contribution in [1.29, 1.82) is 0 Å². The maximum Gasteiger partial charge on any atom is 0.132 e. The molecule has 0 saturated carbocycles. The van der Waals surface area contributed by atoms with Crippen LogP contribution in [-0.2, 0) is 42.9 Å². The number of hydrogen-bond donors (Lipinski definition) is 0. The number of carbonyl (C=O) groups excluding carboxylic acids is 4. The summed E-state index contributed by atoms with van der Waals surface area (Å²) in [6, 6.07) is 0. The van der Waals surface area contributed by atoms with Crippen LogP contribution in [0, 0.1) is 0 Å². The van der Waals surface area contributed by atoms with E-state index in [1.165, 1.54) is 6.42 Å². The van der Waals surface area contributed by atoms with Crippen LogP contribution >= 0.6 is 0 Å². The van der Waals surface area contributed by atoms with E-state index in [1.54, 1.807) is 49.4 Å². The van der Waals surface area contributed by atoms with Crippen LogP contribution in [0.2, 0.25) is 0 Å². The Morgan fingerprint density at radius 3 is 0.429 bits per heavy atom. The lowest BCUT2D eigenvalue weighted by atomic mass is 10.2.